The number of nitrogens with zero attached hydrogens (tertiary/aromatic N) is 2. The van der Waals surface area contributed by atoms with Crippen molar-refractivity contribution in [3.05, 3.63) is 84.4 Å². The zero-order valence-electron chi connectivity index (χ0n) is 24.5. The predicted molar refractivity (Wildman–Crippen MR) is 159 cm³/mol. The van der Waals surface area contributed by atoms with Gasteiger partial charge in [-0.15, -0.1) is 0 Å². The number of anilines is 1. The van der Waals surface area contributed by atoms with Crippen molar-refractivity contribution in [2.24, 2.45) is 0 Å². The summed E-state index contributed by atoms with van der Waals surface area (Å²) in [6.45, 7) is 6.92. The summed E-state index contributed by atoms with van der Waals surface area (Å²) in [6, 6.07) is 20.9. The highest BCUT2D eigenvalue weighted by atomic mass is 32.2. The van der Waals surface area contributed by atoms with Crippen LogP contribution in [0.4, 0.5) is 5.69 Å². The first-order valence-corrected chi connectivity index (χ1v) is 14.8. The average Bonchev–Trinajstić information content (AvgIpc) is 2.95. The van der Waals surface area contributed by atoms with Gasteiger partial charge in [-0.3, -0.25) is 13.9 Å². The minimum atomic E-state index is -4.20. The molecule has 0 aliphatic rings. The summed E-state index contributed by atoms with van der Waals surface area (Å²) in [5.41, 5.74) is 0.408. The Bertz CT molecular complexity index is 1440. The van der Waals surface area contributed by atoms with Crippen molar-refractivity contribution in [1.82, 2.24) is 10.2 Å². The molecule has 0 spiro atoms. The second kappa shape index (κ2) is 13.5. The highest BCUT2D eigenvalue weighted by molar-refractivity contribution is 7.92. The lowest BCUT2D eigenvalue weighted by Crippen LogP contribution is -2.55. The Morgan fingerprint density at radius 2 is 1.56 bits per heavy atom. The third-order valence-electron chi connectivity index (χ3n) is 6.34. The number of hydrogen-bond donors (Lipinski definition) is 1. The van der Waals surface area contributed by atoms with Crippen molar-refractivity contribution in [3.8, 4) is 11.5 Å². The molecule has 0 saturated heterocycles. The highest BCUT2D eigenvalue weighted by Crippen LogP contribution is 2.32. The molecule has 0 radical (unpaired) electrons. The summed E-state index contributed by atoms with van der Waals surface area (Å²) in [7, 11) is -1.21. The molecule has 0 saturated carbocycles. The number of benzene rings is 3. The van der Waals surface area contributed by atoms with Crippen LogP contribution in [0.15, 0.2) is 83.8 Å². The molecule has 0 bridgehead atoms. The minimum Gasteiger partial charge on any atom is -0.497 e. The standard InChI is InChI=1S/C31H39N3O6S/c1-7-26(30(36)32-31(2,3)4)33(21-23-14-13-15-24(20-23)39-5)29(35)22-34(27-18-11-12-19-28(27)40-6)41(37,38)25-16-9-8-10-17-25/h8-20,26H,7,21-22H2,1-6H3,(H,32,36)/t26-/m0/s1. The molecule has 9 nitrogen and oxygen atoms in total. The molecule has 1 atom stereocenters. The van der Waals surface area contributed by atoms with Crippen LogP contribution in [0.1, 0.15) is 39.7 Å². The first-order valence-electron chi connectivity index (χ1n) is 13.4. The predicted octanol–water partition coefficient (Wildman–Crippen LogP) is 4.62. The Balaban J connectivity index is 2.11. The van der Waals surface area contributed by atoms with Crippen LogP contribution in [0.5, 0.6) is 11.5 Å². The lowest BCUT2D eigenvalue weighted by molar-refractivity contribution is -0.141. The summed E-state index contributed by atoms with van der Waals surface area (Å²) < 4.78 is 39.8. The van der Waals surface area contributed by atoms with Gasteiger partial charge in [-0.1, -0.05) is 49.4 Å². The zero-order valence-corrected chi connectivity index (χ0v) is 25.3. The second-order valence-electron chi connectivity index (χ2n) is 10.5. The van der Waals surface area contributed by atoms with E-state index in [0.29, 0.717) is 12.2 Å². The number of amides is 2. The smallest absolute Gasteiger partial charge is 0.264 e. The molecule has 0 unspecified atom stereocenters. The van der Waals surface area contributed by atoms with Crippen LogP contribution >= 0.6 is 0 Å². The molecule has 3 aromatic rings. The van der Waals surface area contributed by atoms with E-state index in [1.165, 1.54) is 24.1 Å². The van der Waals surface area contributed by atoms with Crippen LogP contribution in [0.2, 0.25) is 0 Å². The van der Waals surface area contributed by atoms with E-state index in [0.717, 1.165) is 9.87 Å². The average molecular weight is 582 g/mol. The monoisotopic (exact) mass is 581 g/mol. The van der Waals surface area contributed by atoms with E-state index in [2.05, 4.69) is 5.32 Å². The normalized spacial score (nSPS) is 12.2. The number of carbonyl (C=O) groups is 2. The van der Waals surface area contributed by atoms with Crippen molar-refractivity contribution in [2.45, 2.75) is 57.1 Å². The van der Waals surface area contributed by atoms with E-state index in [1.807, 2.05) is 33.8 Å². The molecule has 1 N–H and O–H groups in total. The molecule has 0 aliphatic heterocycles. The maximum Gasteiger partial charge on any atom is 0.264 e. The van der Waals surface area contributed by atoms with Crippen molar-refractivity contribution >= 4 is 27.5 Å². The molecule has 0 fully saturated rings. The van der Waals surface area contributed by atoms with Gasteiger partial charge in [0.25, 0.3) is 10.0 Å². The Hall–Kier alpha value is -4.05. The molecule has 220 valence electrons. The number of nitrogens with one attached hydrogen (secondary N) is 1. The van der Waals surface area contributed by atoms with E-state index in [9.17, 15) is 18.0 Å². The van der Waals surface area contributed by atoms with Crippen LogP contribution in [-0.2, 0) is 26.2 Å². The zero-order chi connectivity index (χ0) is 30.2. The molecular weight excluding hydrogens is 542 g/mol. The Labute approximate surface area is 243 Å². The molecule has 3 aromatic carbocycles. The largest absolute Gasteiger partial charge is 0.497 e. The summed E-state index contributed by atoms with van der Waals surface area (Å²) in [6.07, 6.45) is 0.317. The first-order chi connectivity index (χ1) is 19.4. The summed E-state index contributed by atoms with van der Waals surface area (Å²) in [5, 5.41) is 2.96. The maximum absolute atomic E-state index is 14.2. The van der Waals surface area contributed by atoms with Gasteiger partial charge >= 0.3 is 0 Å². The van der Waals surface area contributed by atoms with Crippen molar-refractivity contribution in [1.29, 1.82) is 0 Å². The van der Waals surface area contributed by atoms with Gasteiger partial charge in [-0.05, 0) is 69.2 Å². The Morgan fingerprint density at radius 3 is 2.17 bits per heavy atom. The van der Waals surface area contributed by atoms with Gasteiger partial charge in [0.05, 0.1) is 24.8 Å². The van der Waals surface area contributed by atoms with Gasteiger partial charge in [-0.25, -0.2) is 8.42 Å². The van der Waals surface area contributed by atoms with Crippen LogP contribution in [0.25, 0.3) is 0 Å². The molecule has 0 aromatic heterocycles. The van der Waals surface area contributed by atoms with Crippen LogP contribution in [0.3, 0.4) is 0 Å². The number of sulfonamides is 1. The quantitative estimate of drug-likeness (QED) is 0.335. The van der Waals surface area contributed by atoms with Crippen LogP contribution < -0.4 is 19.1 Å². The van der Waals surface area contributed by atoms with Gasteiger partial charge in [0, 0.05) is 12.1 Å². The molecular formula is C31H39N3O6S. The van der Waals surface area contributed by atoms with Crippen molar-refractivity contribution < 1.29 is 27.5 Å². The lowest BCUT2D eigenvalue weighted by Gasteiger charge is -2.35. The fraction of sp³-hybridized carbons (Fsp3) is 0.355. The van der Waals surface area contributed by atoms with E-state index in [4.69, 9.17) is 9.47 Å². The second-order valence-corrected chi connectivity index (χ2v) is 12.4. The number of rotatable bonds is 12. The molecule has 10 heteroatoms. The third-order valence-corrected chi connectivity index (χ3v) is 8.11. The molecule has 41 heavy (non-hydrogen) atoms. The molecule has 2 amide bonds. The van der Waals surface area contributed by atoms with Crippen molar-refractivity contribution in [2.75, 3.05) is 25.1 Å². The summed E-state index contributed by atoms with van der Waals surface area (Å²) >= 11 is 0. The fourth-order valence-electron chi connectivity index (χ4n) is 4.41. The summed E-state index contributed by atoms with van der Waals surface area (Å²) in [5.74, 6) is 0.0150. The molecule has 3 rings (SSSR count). The lowest BCUT2D eigenvalue weighted by atomic mass is 10.1. The number of para-hydroxylation sites is 2. The fourth-order valence-corrected chi connectivity index (χ4v) is 5.85. The highest BCUT2D eigenvalue weighted by Gasteiger charge is 2.35. The van der Waals surface area contributed by atoms with Gasteiger partial charge in [-0.2, -0.15) is 0 Å². The Morgan fingerprint density at radius 1 is 0.902 bits per heavy atom. The number of methoxy groups -OCH3 is 2. The van der Waals surface area contributed by atoms with E-state index < -0.39 is 34.1 Å². The van der Waals surface area contributed by atoms with Crippen molar-refractivity contribution in [3.63, 3.8) is 0 Å². The van der Waals surface area contributed by atoms with E-state index in [-0.39, 0.29) is 28.8 Å². The van der Waals surface area contributed by atoms with E-state index in [1.54, 1.807) is 67.8 Å². The Kier molecular flexibility index (Phi) is 10.4. The van der Waals surface area contributed by atoms with Gasteiger partial charge in [0.2, 0.25) is 11.8 Å². The maximum atomic E-state index is 14.2. The minimum absolute atomic E-state index is 0.0237. The van der Waals surface area contributed by atoms with Gasteiger partial charge in [0.1, 0.15) is 24.1 Å². The van der Waals surface area contributed by atoms with Crippen LogP contribution in [-0.4, -0.2) is 57.5 Å². The van der Waals surface area contributed by atoms with Gasteiger partial charge < -0.3 is 19.7 Å². The van der Waals surface area contributed by atoms with Gasteiger partial charge in [0.15, 0.2) is 0 Å². The molecule has 0 heterocycles. The number of ether oxygens (including phenoxy) is 2. The molecule has 0 aliphatic carbocycles. The SMILES string of the molecule is CC[C@@H](C(=O)NC(C)(C)C)N(Cc1cccc(OC)c1)C(=O)CN(c1ccccc1OC)S(=O)(=O)c1ccccc1. The summed E-state index contributed by atoms with van der Waals surface area (Å²) in [4.78, 5) is 29.1. The number of hydrogen-bond acceptors (Lipinski definition) is 6. The van der Waals surface area contributed by atoms with E-state index >= 15 is 0 Å². The topological polar surface area (TPSA) is 105 Å². The third kappa shape index (κ3) is 8.00. The first kappa shape index (κ1) is 31.5. The van der Waals surface area contributed by atoms with Crippen LogP contribution in [0, 0.1) is 0 Å². The number of carbonyl (C=O) groups excluding carboxylic acids is 2.